The molecule has 0 aromatic rings. The van der Waals surface area contributed by atoms with Crippen LogP contribution >= 0.6 is 0 Å². The van der Waals surface area contributed by atoms with Crippen LogP contribution in [0.2, 0.25) is 0 Å². The van der Waals surface area contributed by atoms with E-state index in [0.29, 0.717) is 5.57 Å². The fraction of sp³-hybridized carbons (Fsp3) is 0.364. The zero-order chi connectivity index (χ0) is 11.0. The number of carbonyl (C=O) groups is 1. The van der Waals surface area contributed by atoms with Crippen LogP contribution in [0.5, 0.6) is 0 Å². The summed E-state index contributed by atoms with van der Waals surface area (Å²) < 4.78 is 12.8. The van der Waals surface area contributed by atoms with Gasteiger partial charge < -0.3 is 0 Å². The second-order valence-electron chi connectivity index (χ2n) is 2.37. The number of rotatable bonds is 3. The van der Waals surface area contributed by atoms with E-state index in [1.54, 1.807) is 6.92 Å². The van der Waals surface area contributed by atoms with Crippen molar-refractivity contribution in [3.63, 3.8) is 0 Å². The summed E-state index contributed by atoms with van der Waals surface area (Å²) in [4.78, 5) is 10.6. The minimum absolute atomic E-state index is 0.104. The molecular weight excluding hydrogens is 167 g/mol. The van der Waals surface area contributed by atoms with Gasteiger partial charge in [-0.1, -0.05) is 32.6 Å². The highest BCUT2D eigenvalue weighted by atomic mass is 19.1. The maximum Gasteiger partial charge on any atom is 0.162 e. The smallest absolute Gasteiger partial charge is 0.162 e. The van der Waals surface area contributed by atoms with Crippen molar-refractivity contribution in [1.29, 1.82) is 0 Å². The number of carbonyl (C=O) groups excluding carboxylic acids is 1. The molecule has 0 bridgehead atoms. The van der Waals surface area contributed by atoms with E-state index in [1.165, 1.54) is 13.0 Å². The van der Waals surface area contributed by atoms with Crippen molar-refractivity contribution in [3.8, 4) is 0 Å². The van der Waals surface area contributed by atoms with Crippen LogP contribution in [0, 0.1) is 0 Å². The molecule has 0 spiro atoms. The van der Waals surface area contributed by atoms with Gasteiger partial charge in [-0.2, -0.15) is 0 Å². The number of allylic oxidation sites excluding steroid dienone is 4. The van der Waals surface area contributed by atoms with E-state index >= 15 is 0 Å². The van der Waals surface area contributed by atoms with Crippen LogP contribution < -0.4 is 0 Å². The Hall–Kier alpha value is -1.18. The van der Waals surface area contributed by atoms with E-state index in [-0.39, 0.29) is 11.4 Å². The second kappa shape index (κ2) is 7.47. The van der Waals surface area contributed by atoms with Crippen LogP contribution in [-0.4, -0.2) is 5.78 Å². The predicted molar refractivity (Wildman–Crippen MR) is 55.2 cm³/mol. The average molecular weight is 184 g/mol. The molecule has 0 aromatic carbocycles. The molecule has 0 aliphatic heterocycles. The topological polar surface area (TPSA) is 17.1 Å². The molecule has 0 amide bonds. The van der Waals surface area contributed by atoms with Crippen molar-refractivity contribution >= 4 is 5.78 Å². The summed E-state index contributed by atoms with van der Waals surface area (Å²) in [5.74, 6) is -0.968. The predicted octanol–water partition coefficient (Wildman–Crippen LogP) is 3.59. The molecule has 0 heterocycles. The first-order chi connectivity index (χ1) is 5.95. The third-order valence-corrected chi connectivity index (χ3v) is 1.09. The molecule has 74 valence electrons. The molecular formula is C11H17FO. The number of hydrogen-bond donors (Lipinski definition) is 0. The molecule has 0 radical (unpaired) electrons. The lowest BCUT2D eigenvalue weighted by atomic mass is 10.1. The lowest BCUT2D eigenvalue weighted by Crippen LogP contribution is -1.94. The van der Waals surface area contributed by atoms with Crippen molar-refractivity contribution in [2.45, 2.75) is 27.7 Å². The number of hydrogen-bond acceptors (Lipinski definition) is 1. The molecule has 0 atom stereocenters. The minimum Gasteiger partial charge on any atom is -0.294 e. The number of ketones is 1. The molecule has 0 unspecified atom stereocenters. The zero-order valence-electron chi connectivity index (χ0n) is 8.78. The molecule has 0 saturated carbocycles. The fourth-order valence-corrected chi connectivity index (χ4v) is 0.472. The lowest BCUT2D eigenvalue weighted by Gasteiger charge is -1.95. The molecule has 1 nitrogen and oxygen atoms in total. The molecule has 0 saturated heterocycles. The highest BCUT2D eigenvalue weighted by Gasteiger charge is 2.05. The van der Waals surface area contributed by atoms with Gasteiger partial charge in [0, 0.05) is 5.57 Å². The van der Waals surface area contributed by atoms with Gasteiger partial charge in [-0.25, -0.2) is 4.39 Å². The summed E-state index contributed by atoms with van der Waals surface area (Å²) in [6, 6.07) is 0. The molecule has 13 heavy (non-hydrogen) atoms. The molecule has 0 fully saturated rings. The molecule has 2 heteroatoms. The Morgan fingerprint density at radius 3 is 1.85 bits per heavy atom. The normalized spacial score (nSPS) is 9.77. The van der Waals surface area contributed by atoms with Crippen LogP contribution in [0.25, 0.3) is 0 Å². The molecule has 0 rings (SSSR count). The maximum absolute atomic E-state index is 12.8. The van der Waals surface area contributed by atoms with Gasteiger partial charge in [0.05, 0.1) is 0 Å². The van der Waals surface area contributed by atoms with Gasteiger partial charge in [0.1, 0.15) is 5.83 Å². The summed E-state index contributed by atoms with van der Waals surface area (Å²) in [6.07, 6.45) is 1.18. The Bertz CT molecular complexity index is 236. The lowest BCUT2D eigenvalue weighted by molar-refractivity contribution is -0.113. The quantitative estimate of drug-likeness (QED) is 0.484. The van der Waals surface area contributed by atoms with Crippen molar-refractivity contribution in [1.82, 2.24) is 0 Å². The van der Waals surface area contributed by atoms with Crippen molar-refractivity contribution < 1.29 is 9.18 Å². The first-order valence-corrected chi connectivity index (χ1v) is 4.18. The third-order valence-electron chi connectivity index (χ3n) is 1.09. The summed E-state index contributed by atoms with van der Waals surface area (Å²) in [6.45, 7) is 13.7. The van der Waals surface area contributed by atoms with Gasteiger partial charge in [0.15, 0.2) is 5.78 Å². The molecule has 0 aromatic heterocycles. The zero-order valence-corrected chi connectivity index (χ0v) is 8.78. The monoisotopic (exact) mass is 184 g/mol. The molecule has 0 aliphatic rings. The standard InChI is InChI=1S/C9H11FO.C2H6/c1-6(2)5-9(10)7(3)8(4)11;1-2/h5H,1,3H2,2,4H3;1-2H3/b9-5+;. The van der Waals surface area contributed by atoms with E-state index in [9.17, 15) is 9.18 Å². The summed E-state index contributed by atoms with van der Waals surface area (Å²) in [7, 11) is 0. The molecule has 0 N–H and O–H groups in total. The minimum atomic E-state index is -0.606. The summed E-state index contributed by atoms with van der Waals surface area (Å²) >= 11 is 0. The van der Waals surface area contributed by atoms with Crippen molar-refractivity contribution in [2.75, 3.05) is 0 Å². The van der Waals surface area contributed by atoms with Gasteiger partial charge in [-0.15, -0.1) is 0 Å². The third kappa shape index (κ3) is 7.19. The van der Waals surface area contributed by atoms with Gasteiger partial charge in [-0.3, -0.25) is 4.79 Å². The summed E-state index contributed by atoms with van der Waals surface area (Å²) in [5, 5.41) is 0. The van der Waals surface area contributed by atoms with Crippen LogP contribution in [-0.2, 0) is 4.79 Å². The Morgan fingerprint density at radius 1 is 1.23 bits per heavy atom. The Morgan fingerprint density at radius 2 is 1.62 bits per heavy atom. The second-order valence-corrected chi connectivity index (χ2v) is 2.37. The number of Topliss-reactive ketones (excluding diaryl/α,β-unsaturated/α-hetero) is 1. The van der Waals surface area contributed by atoms with E-state index in [1.807, 2.05) is 13.8 Å². The van der Waals surface area contributed by atoms with Crippen LogP contribution in [0.1, 0.15) is 27.7 Å². The van der Waals surface area contributed by atoms with Crippen LogP contribution in [0.15, 0.2) is 36.2 Å². The van der Waals surface area contributed by atoms with E-state index in [4.69, 9.17) is 0 Å². The van der Waals surface area contributed by atoms with Gasteiger partial charge in [0.2, 0.25) is 0 Å². The first-order valence-electron chi connectivity index (χ1n) is 4.18. The van der Waals surface area contributed by atoms with Crippen LogP contribution in [0.3, 0.4) is 0 Å². The summed E-state index contributed by atoms with van der Waals surface area (Å²) in [5.41, 5.74) is 0.456. The van der Waals surface area contributed by atoms with E-state index < -0.39 is 5.83 Å². The fourth-order valence-electron chi connectivity index (χ4n) is 0.472. The Balaban J connectivity index is 0. The van der Waals surface area contributed by atoms with Crippen molar-refractivity contribution in [3.05, 3.63) is 36.2 Å². The Kier molecular flexibility index (Phi) is 8.24. The SMILES string of the molecule is C=C(C)/C=C(/F)C(=C)C(C)=O.CC. The Labute approximate surface area is 79.7 Å². The molecule has 0 aliphatic carbocycles. The highest BCUT2D eigenvalue weighted by Crippen LogP contribution is 2.11. The van der Waals surface area contributed by atoms with Gasteiger partial charge in [-0.05, 0) is 19.9 Å². The van der Waals surface area contributed by atoms with Gasteiger partial charge >= 0.3 is 0 Å². The first kappa shape index (κ1) is 14.3. The van der Waals surface area contributed by atoms with E-state index in [0.717, 1.165) is 0 Å². The van der Waals surface area contributed by atoms with E-state index in [2.05, 4.69) is 13.2 Å². The largest absolute Gasteiger partial charge is 0.294 e. The van der Waals surface area contributed by atoms with Gasteiger partial charge in [0.25, 0.3) is 0 Å². The number of halogens is 1. The van der Waals surface area contributed by atoms with Crippen molar-refractivity contribution in [2.24, 2.45) is 0 Å². The maximum atomic E-state index is 12.8. The average Bonchev–Trinajstić information content (AvgIpc) is 2.05. The highest BCUT2D eigenvalue weighted by molar-refractivity contribution is 5.96. The van der Waals surface area contributed by atoms with Crippen LogP contribution in [0.4, 0.5) is 4.39 Å².